The van der Waals surface area contributed by atoms with Crippen LogP contribution in [0.3, 0.4) is 0 Å². The van der Waals surface area contributed by atoms with Crippen LogP contribution >= 0.6 is 34.8 Å². The van der Waals surface area contributed by atoms with E-state index in [-0.39, 0.29) is 10.0 Å². The second kappa shape index (κ2) is 4.64. The molecule has 0 aromatic heterocycles. The van der Waals surface area contributed by atoms with Gasteiger partial charge in [0.1, 0.15) is 0 Å². The largest absolute Gasteiger partial charge is 0.259 e. The van der Waals surface area contributed by atoms with Crippen LogP contribution in [0.2, 0.25) is 15.1 Å². The van der Waals surface area contributed by atoms with E-state index in [0.29, 0.717) is 10.6 Å². The van der Waals surface area contributed by atoms with Gasteiger partial charge in [-0.05, 0) is 12.1 Å². The van der Waals surface area contributed by atoms with Crippen molar-refractivity contribution in [1.29, 1.82) is 0 Å². The van der Waals surface area contributed by atoms with E-state index in [1.165, 1.54) is 18.2 Å². The van der Waals surface area contributed by atoms with Gasteiger partial charge in [0.25, 0.3) is 0 Å². The molecule has 0 heterocycles. The van der Waals surface area contributed by atoms with E-state index in [4.69, 9.17) is 34.8 Å². The van der Waals surface area contributed by atoms with Crippen molar-refractivity contribution in [1.82, 2.24) is 0 Å². The van der Waals surface area contributed by atoms with Crippen molar-refractivity contribution in [3.63, 3.8) is 0 Å². The van der Waals surface area contributed by atoms with Crippen molar-refractivity contribution in [2.24, 2.45) is 0 Å². The third-order valence-corrected chi connectivity index (χ3v) is 2.25. The minimum Gasteiger partial charge on any atom is -0.259 e. The van der Waals surface area contributed by atoms with Gasteiger partial charge in [-0.3, -0.25) is 10.1 Å². The van der Waals surface area contributed by atoms with Crippen LogP contribution in [-0.4, -0.2) is 4.92 Å². The van der Waals surface area contributed by atoms with Crippen molar-refractivity contribution in [3.8, 4) is 0 Å². The standard InChI is InChI=1S/C8H4Cl3NO2/c9-5-3-7(10)6(8(11)4-5)1-2-12(13)14/h1-4H/b2-1+. The Kier molecular flexibility index (Phi) is 3.75. The van der Waals surface area contributed by atoms with Crippen molar-refractivity contribution in [3.05, 3.63) is 49.1 Å². The highest BCUT2D eigenvalue weighted by molar-refractivity contribution is 6.40. The molecular formula is C8H4Cl3NO2. The van der Waals surface area contributed by atoms with E-state index in [0.717, 1.165) is 6.20 Å². The van der Waals surface area contributed by atoms with E-state index in [2.05, 4.69) is 0 Å². The first-order valence-corrected chi connectivity index (χ1v) is 4.60. The lowest BCUT2D eigenvalue weighted by molar-refractivity contribution is -0.400. The summed E-state index contributed by atoms with van der Waals surface area (Å²) in [6, 6.07) is 2.93. The number of halogens is 3. The number of hydrogen-bond acceptors (Lipinski definition) is 2. The smallest absolute Gasteiger partial charge is 0.235 e. The summed E-state index contributed by atoms with van der Waals surface area (Å²) < 4.78 is 0. The lowest BCUT2D eigenvalue weighted by atomic mass is 10.2. The molecule has 1 aromatic carbocycles. The Morgan fingerprint density at radius 3 is 2.14 bits per heavy atom. The van der Waals surface area contributed by atoms with Gasteiger partial charge in [0.05, 0.1) is 15.0 Å². The van der Waals surface area contributed by atoms with Crippen LogP contribution in [-0.2, 0) is 0 Å². The Balaban J connectivity index is 3.15. The lowest BCUT2D eigenvalue weighted by Crippen LogP contribution is -1.84. The second-order valence-electron chi connectivity index (χ2n) is 2.38. The maximum Gasteiger partial charge on any atom is 0.235 e. The summed E-state index contributed by atoms with van der Waals surface area (Å²) in [5.74, 6) is 0. The molecule has 14 heavy (non-hydrogen) atoms. The van der Waals surface area contributed by atoms with Gasteiger partial charge in [0, 0.05) is 16.7 Å². The average molecular weight is 252 g/mol. The summed E-state index contributed by atoms with van der Waals surface area (Å²) in [4.78, 5) is 9.47. The molecule has 0 fully saturated rings. The molecular weight excluding hydrogens is 248 g/mol. The Bertz CT molecular complexity index is 381. The maximum absolute atomic E-state index is 10.1. The third kappa shape index (κ3) is 2.87. The van der Waals surface area contributed by atoms with Crippen molar-refractivity contribution < 1.29 is 4.92 Å². The van der Waals surface area contributed by atoms with Gasteiger partial charge in [0.2, 0.25) is 6.20 Å². The third-order valence-electron chi connectivity index (χ3n) is 1.41. The van der Waals surface area contributed by atoms with E-state index in [9.17, 15) is 10.1 Å². The predicted molar refractivity (Wildman–Crippen MR) is 57.5 cm³/mol. The molecule has 0 radical (unpaired) electrons. The molecule has 1 rings (SSSR count). The van der Waals surface area contributed by atoms with Gasteiger partial charge < -0.3 is 0 Å². The molecule has 0 spiro atoms. The molecule has 0 saturated heterocycles. The molecule has 0 atom stereocenters. The fourth-order valence-electron chi connectivity index (χ4n) is 0.848. The van der Waals surface area contributed by atoms with E-state index in [1.54, 1.807) is 0 Å². The zero-order valence-electron chi connectivity index (χ0n) is 6.71. The molecule has 1 aromatic rings. The molecule has 0 aliphatic heterocycles. The number of nitrogens with zero attached hydrogens (tertiary/aromatic N) is 1. The van der Waals surface area contributed by atoms with Crippen LogP contribution in [0.1, 0.15) is 5.56 Å². The van der Waals surface area contributed by atoms with Crippen LogP contribution in [0.15, 0.2) is 18.3 Å². The van der Waals surface area contributed by atoms with Gasteiger partial charge in [-0.25, -0.2) is 0 Å². The van der Waals surface area contributed by atoms with Crippen LogP contribution in [0.25, 0.3) is 6.08 Å². The molecule has 0 saturated carbocycles. The number of hydrogen-bond donors (Lipinski definition) is 0. The van der Waals surface area contributed by atoms with Crippen molar-refractivity contribution in [2.75, 3.05) is 0 Å². The van der Waals surface area contributed by atoms with E-state index < -0.39 is 4.92 Å². The molecule has 0 bridgehead atoms. The molecule has 0 aliphatic carbocycles. The minimum absolute atomic E-state index is 0.278. The molecule has 0 amide bonds. The topological polar surface area (TPSA) is 43.1 Å². The number of nitro groups is 1. The van der Waals surface area contributed by atoms with Crippen molar-refractivity contribution in [2.45, 2.75) is 0 Å². The van der Waals surface area contributed by atoms with E-state index in [1.807, 2.05) is 0 Å². The molecule has 3 nitrogen and oxygen atoms in total. The SMILES string of the molecule is O=[N+]([O-])/C=C/c1c(Cl)cc(Cl)cc1Cl. The minimum atomic E-state index is -0.596. The van der Waals surface area contributed by atoms with Crippen LogP contribution in [0.4, 0.5) is 0 Å². The average Bonchev–Trinajstić information content (AvgIpc) is 2.01. The first-order chi connectivity index (χ1) is 6.50. The fraction of sp³-hybridized carbons (Fsp3) is 0. The highest BCUT2D eigenvalue weighted by atomic mass is 35.5. The summed E-state index contributed by atoms with van der Waals surface area (Å²) in [6.45, 7) is 0. The number of benzene rings is 1. The van der Waals surface area contributed by atoms with Gasteiger partial charge >= 0.3 is 0 Å². The first kappa shape index (κ1) is 11.3. The Morgan fingerprint density at radius 1 is 1.21 bits per heavy atom. The second-order valence-corrected chi connectivity index (χ2v) is 3.64. The zero-order valence-corrected chi connectivity index (χ0v) is 8.97. The van der Waals surface area contributed by atoms with Gasteiger partial charge in [-0.2, -0.15) is 0 Å². The molecule has 0 N–H and O–H groups in total. The first-order valence-electron chi connectivity index (χ1n) is 3.47. The molecule has 6 heteroatoms. The van der Waals surface area contributed by atoms with E-state index >= 15 is 0 Å². The van der Waals surface area contributed by atoms with Crippen LogP contribution in [0.5, 0.6) is 0 Å². The van der Waals surface area contributed by atoms with Crippen LogP contribution in [0, 0.1) is 10.1 Å². The Hall–Kier alpha value is -0.770. The Morgan fingerprint density at radius 2 is 1.71 bits per heavy atom. The van der Waals surface area contributed by atoms with Crippen molar-refractivity contribution >= 4 is 40.9 Å². The fourth-order valence-corrected chi connectivity index (χ4v) is 1.79. The lowest BCUT2D eigenvalue weighted by Gasteiger charge is -2.00. The highest BCUT2D eigenvalue weighted by Crippen LogP contribution is 2.29. The van der Waals surface area contributed by atoms with Crippen LogP contribution < -0.4 is 0 Å². The molecule has 0 aliphatic rings. The molecule has 0 unspecified atom stereocenters. The number of rotatable bonds is 2. The normalized spacial score (nSPS) is 10.8. The summed E-state index contributed by atoms with van der Waals surface area (Å²) in [5, 5.41) is 11.0. The van der Waals surface area contributed by atoms with Gasteiger partial charge in [-0.1, -0.05) is 34.8 Å². The summed E-state index contributed by atoms with van der Waals surface area (Å²) in [7, 11) is 0. The van der Waals surface area contributed by atoms with Gasteiger partial charge in [0.15, 0.2) is 0 Å². The summed E-state index contributed by atoms with van der Waals surface area (Å²) >= 11 is 17.2. The van der Waals surface area contributed by atoms with Gasteiger partial charge in [-0.15, -0.1) is 0 Å². The predicted octanol–water partition coefficient (Wildman–Crippen LogP) is 3.89. The molecule has 74 valence electrons. The Labute approximate surface area is 95.0 Å². The summed E-state index contributed by atoms with van der Waals surface area (Å²) in [5.41, 5.74) is 0.384. The highest BCUT2D eigenvalue weighted by Gasteiger charge is 2.05. The zero-order chi connectivity index (χ0) is 10.7. The monoisotopic (exact) mass is 251 g/mol. The quantitative estimate of drug-likeness (QED) is 0.592. The summed E-state index contributed by atoms with van der Waals surface area (Å²) in [6.07, 6.45) is 1.99. The maximum atomic E-state index is 10.1.